The summed E-state index contributed by atoms with van der Waals surface area (Å²) in [6.45, 7) is 12.2. The first-order valence-corrected chi connectivity index (χ1v) is 10.6. The maximum absolute atomic E-state index is 12.5. The molecule has 2 saturated heterocycles. The summed E-state index contributed by atoms with van der Waals surface area (Å²) in [6.07, 6.45) is 2.67. The van der Waals surface area contributed by atoms with Crippen LogP contribution in [0, 0.1) is 5.41 Å². The van der Waals surface area contributed by atoms with Crippen molar-refractivity contribution in [2.45, 2.75) is 65.3 Å². The summed E-state index contributed by atoms with van der Waals surface area (Å²) in [5.74, 6) is -1.21. The Kier molecular flexibility index (Phi) is 8.40. The molecule has 0 spiro atoms. The highest BCUT2D eigenvalue weighted by atomic mass is 16.8. The molecule has 1 atom stereocenters. The molecule has 9 nitrogen and oxygen atoms in total. The molecule has 0 aromatic carbocycles. The Hall–Kier alpha value is -2.42. The van der Waals surface area contributed by atoms with E-state index < -0.39 is 5.97 Å². The van der Waals surface area contributed by atoms with E-state index >= 15 is 0 Å². The highest BCUT2D eigenvalue weighted by Gasteiger charge is 2.32. The number of rotatable bonds is 9. The molecule has 0 radical (unpaired) electrons. The lowest BCUT2D eigenvalue weighted by Crippen LogP contribution is -2.46. The van der Waals surface area contributed by atoms with Crippen LogP contribution in [0.2, 0.25) is 0 Å². The van der Waals surface area contributed by atoms with Gasteiger partial charge in [0.2, 0.25) is 11.8 Å². The van der Waals surface area contributed by atoms with E-state index in [0.717, 1.165) is 31.0 Å². The number of carbonyl (C=O) groups excluding carboxylic acids is 4. The lowest BCUT2D eigenvalue weighted by atomic mass is 10.2. The minimum Gasteiger partial charge on any atom is -0.355 e. The molecule has 0 aromatic rings. The monoisotopic (exact) mass is 431 g/mol. The number of amides is 3. The number of carbonyl (C=O) groups is 4. The predicted octanol–water partition coefficient (Wildman–Crippen LogP) is 1.10. The van der Waals surface area contributed by atoms with Crippen LogP contribution in [0.15, 0.2) is 12.3 Å². The summed E-state index contributed by atoms with van der Waals surface area (Å²) in [5.41, 5.74) is 0.579. The van der Waals surface area contributed by atoms with Crippen LogP contribution >= 0.6 is 0 Å². The Morgan fingerprint density at radius 1 is 1.13 bits per heavy atom. The lowest BCUT2D eigenvalue weighted by Gasteiger charge is -2.30. The Balaban J connectivity index is 1.60. The van der Waals surface area contributed by atoms with Gasteiger partial charge < -0.3 is 15.5 Å². The minimum atomic E-state index is -0.611. The molecule has 2 heterocycles. The van der Waals surface area contributed by atoms with Crippen LogP contribution in [0.3, 0.4) is 0 Å². The number of hydrogen-bond donors (Lipinski definition) is 2. The van der Waals surface area contributed by atoms with Gasteiger partial charge in [0.1, 0.15) is 0 Å². The summed E-state index contributed by atoms with van der Waals surface area (Å²) in [7, 11) is 0. The van der Waals surface area contributed by atoms with Crippen LogP contribution in [-0.4, -0.2) is 65.9 Å². The molecule has 2 rings (SSSR count). The number of allylic oxidation sites excluding steroid dienone is 1. The summed E-state index contributed by atoms with van der Waals surface area (Å²) < 4.78 is 0. The first-order valence-electron chi connectivity index (χ1n) is 10.6. The molecule has 0 aliphatic carbocycles. The van der Waals surface area contributed by atoms with Crippen molar-refractivity contribution in [2.24, 2.45) is 5.41 Å². The number of likely N-dealkylation sites (tertiary alicyclic amines) is 1. The van der Waals surface area contributed by atoms with Gasteiger partial charge in [-0.25, -0.2) is 4.79 Å². The fraction of sp³-hybridized carbons (Fsp3) is 0.714. The normalized spacial score (nSPS) is 19.8. The van der Waals surface area contributed by atoms with Gasteiger partial charge in [0.05, 0.1) is 18.2 Å². The highest BCUT2D eigenvalue weighted by molar-refractivity contribution is 5.83. The second-order valence-electron chi connectivity index (χ2n) is 9.05. The molecule has 2 aliphatic rings. The minimum absolute atomic E-state index is 0.0383. The van der Waals surface area contributed by atoms with Crippen molar-refractivity contribution in [3.05, 3.63) is 12.3 Å². The van der Waals surface area contributed by atoms with Gasteiger partial charge in [0.25, 0.3) is 5.91 Å². The standard InChI is InChI=1S/C21H34N4O5/c1-15-7-8-18(27)25(15)30-19(28)10-12-22-17(26)9-11-23-20(29)16-6-5-13-24(16)14-21(2,3)4/h16H,1,5-14H2,2-4H3,(H,22,26)(H,23,29)/i2+1,3+1,4+1,14+1,17+1,19+1,21+1,22+1,24+1. The summed E-state index contributed by atoms with van der Waals surface area (Å²) >= 11 is 0. The van der Waals surface area contributed by atoms with Crippen molar-refractivity contribution in [3.8, 4) is 0 Å². The molecule has 2 fully saturated rings. The first kappa shape index (κ1) is 23.9. The van der Waals surface area contributed by atoms with Crippen LogP contribution in [0.5, 0.6) is 0 Å². The SMILES string of the molecule is C=C1CCC(=O)N1O[13C](=O)CC[15NH][13C](=O)CCNC(=O)C1CCC[15N]1[13CH2][13C]([13CH3])([13CH3])[13CH3]. The quantitative estimate of drug-likeness (QED) is 0.418. The Bertz CT molecular complexity index is 669. The molecule has 9 heteroatoms. The Labute approximate surface area is 178 Å². The van der Waals surface area contributed by atoms with Crippen molar-refractivity contribution < 1.29 is 24.0 Å². The van der Waals surface area contributed by atoms with Gasteiger partial charge in [0, 0.05) is 32.5 Å². The molecular formula is C21H34N4O5. The van der Waals surface area contributed by atoms with Gasteiger partial charge in [-0.1, -0.05) is 27.4 Å². The molecule has 0 bridgehead atoms. The highest BCUT2D eigenvalue weighted by Crippen LogP contribution is 2.24. The lowest BCUT2D eigenvalue weighted by molar-refractivity contribution is -0.186. The predicted molar refractivity (Wildman–Crippen MR) is 111 cm³/mol. The zero-order valence-electron chi connectivity index (χ0n) is 18.3. The summed E-state index contributed by atoms with van der Waals surface area (Å²) in [5, 5.41) is 6.38. The van der Waals surface area contributed by atoms with E-state index in [-0.39, 0.29) is 61.5 Å². The fourth-order valence-corrected chi connectivity index (χ4v) is 3.62. The van der Waals surface area contributed by atoms with Crippen molar-refractivity contribution in [1.82, 2.24) is 20.6 Å². The third-order valence-electron chi connectivity index (χ3n) is 4.98. The molecule has 1 unspecified atom stereocenters. The van der Waals surface area contributed by atoms with E-state index in [1.54, 1.807) is 0 Å². The van der Waals surface area contributed by atoms with Crippen LogP contribution < -0.4 is 10.6 Å². The average molecular weight is 431 g/mol. The van der Waals surface area contributed by atoms with Gasteiger partial charge in [-0.3, -0.25) is 19.3 Å². The Morgan fingerprint density at radius 2 is 1.83 bits per heavy atom. The van der Waals surface area contributed by atoms with Gasteiger partial charge in [0.15, 0.2) is 0 Å². The molecule has 3 amide bonds. The summed E-state index contributed by atoms with van der Waals surface area (Å²) in [6, 6.07) is -0.134. The van der Waals surface area contributed by atoms with E-state index in [0.29, 0.717) is 12.1 Å². The average Bonchev–Trinajstić information content (AvgIpc) is 3.21. The van der Waals surface area contributed by atoms with E-state index in [1.807, 2.05) is 0 Å². The maximum atomic E-state index is 12.5. The van der Waals surface area contributed by atoms with E-state index in [9.17, 15) is 19.2 Å². The molecule has 2 aliphatic heterocycles. The zero-order valence-corrected chi connectivity index (χ0v) is 18.3. The fourth-order valence-electron chi connectivity index (χ4n) is 3.62. The zero-order chi connectivity index (χ0) is 22.3. The van der Waals surface area contributed by atoms with Crippen molar-refractivity contribution in [2.75, 3.05) is 26.2 Å². The maximum Gasteiger partial charge on any atom is 0.334 e. The van der Waals surface area contributed by atoms with Gasteiger partial charge in [-0.15, -0.1) is 5.06 Å². The van der Waals surface area contributed by atoms with Gasteiger partial charge in [-0.05, 0) is 31.2 Å². The van der Waals surface area contributed by atoms with Crippen molar-refractivity contribution in [3.63, 3.8) is 0 Å². The second-order valence-corrected chi connectivity index (χ2v) is 9.05. The number of nitrogens with one attached hydrogen (secondary N) is 2. The Morgan fingerprint density at radius 3 is 2.47 bits per heavy atom. The molecular weight excluding hydrogens is 397 g/mol. The second kappa shape index (κ2) is 10.6. The third-order valence-corrected chi connectivity index (χ3v) is 4.98. The molecule has 30 heavy (non-hydrogen) atoms. The van der Waals surface area contributed by atoms with Crippen LogP contribution in [0.4, 0.5) is 0 Å². The number of hydrogen-bond acceptors (Lipinski definition) is 6. The largest absolute Gasteiger partial charge is 0.355 e. The summed E-state index contributed by atoms with van der Waals surface area (Å²) in [4.78, 5) is 54.9. The first-order chi connectivity index (χ1) is 14.1. The topological polar surface area (TPSA) is 108 Å². The third kappa shape index (κ3) is 7.44. The molecule has 0 aromatic heterocycles. The van der Waals surface area contributed by atoms with E-state index in [4.69, 9.17) is 4.84 Å². The number of hydroxylamine groups is 2. The van der Waals surface area contributed by atoms with Crippen LogP contribution in [-0.2, 0) is 24.0 Å². The van der Waals surface area contributed by atoms with Gasteiger partial charge in [-0.2, -0.15) is 0 Å². The van der Waals surface area contributed by atoms with Crippen molar-refractivity contribution >= 4 is 23.7 Å². The van der Waals surface area contributed by atoms with Crippen molar-refractivity contribution in [1.29, 1.82) is 0 Å². The van der Waals surface area contributed by atoms with Gasteiger partial charge >= 0.3 is 5.97 Å². The van der Waals surface area contributed by atoms with E-state index in [2.05, 4.69) is 42.9 Å². The molecule has 168 valence electrons. The van der Waals surface area contributed by atoms with E-state index in [1.165, 1.54) is 0 Å². The van der Waals surface area contributed by atoms with Crippen LogP contribution in [0.1, 0.15) is 59.3 Å². The molecule has 2 N–H and O–H groups in total. The molecule has 0 saturated carbocycles. The number of nitrogens with zero attached hydrogens (tertiary/aromatic N) is 2. The smallest absolute Gasteiger partial charge is 0.334 e. The van der Waals surface area contributed by atoms with Crippen LogP contribution in [0.25, 0.3) is 0 Å².